The molecule has 0 aliphatic carbocycles. The first-order valence-electron chi connectivity index (χ1n) is 8.02. The number of anilines is 1. The predicted molar refractivity (Wildman–Crippen MR) is 116 cm³/mol. The molecule has 7 nitrogen and oxygen atoms in total. The summed E-state index contributed by atoms with van der Waals surface area (Å²) in [5.74, 6) is 0.456. The standard InChI is InChI=1S/C17H12BrN5O2S3/c18-10-3-4-13-12(6-10)15(25)23(9-19-13)7-14(24)20-16-21-22-17(28-16)27-8-11-2-1-5-26-11/h1-6,9H,7-8H2,(H,20,21,24). The number of nitrogens with one attached hydrogen (secondary N) is 1. The number of aromatic nitrogens is 4. The van der Waals surface area contributed by atoms with Crippen LogP contribution in [0.15, 0.2) is 55.6 Å². The Hall–Kier alpha value is -2.08. The van der Waals surface area contributed by atoms with Gasteiger partial charge in [-0.2, -0.15) is 0 Å². The summed E-state index contributed by atoms with van der Waals surface area (Å²) in [5, 5.41) is 13.6. The predicted octanol–water partition coefficient (Wildman–Crippen LogP) is 4.00. The number of fused-ring (bicyclic) bond motifs is 1. The van der Waals surface area contributed by atoms with Gasteiger partial charge in [-0.25, -0.2) is 4.98 Å². The third-order valence-electron chi connectivity index (χ3n) is 3.67. The number of amides is 1. The van der Waals surface area contributed by atoms with Crippen LogP contribution in [0.3, 0.4) is 0 Å². The number of carbonyl (C=O) groups excluding carboxylic acids is 1. The van der Waals surface area contributed by atoms with Crippen LogP contribution in [0.2, 0.25) is 0 Å². The monoisotopic (exact) mass is 493 g/mol. The average molecular weight is 494 g/mol. The summed E-state index contributed by atoms with van der Waals surface area (Å²) in [4.78, 5) is 30.4. The quantitative estimate of drug-likeness (QED) is 0.322. The third kappa shape index (κ3) is 4.49. The van der Waals surface area contributed by atoms with Crippen LogP contribution in [0.1, 0.15) is 4.88 Å². The Morgan fingerprint density at radius 3 is 3.00 bits per heavy atom. The Morgan fingerprint density at radius 1 is 1.29 bits per heavy atom. The summed E-state index contributed by atoms with van der Waals surface area (Å²) in [7, 11) is 0. The molecule has 28 heavy (non-hydrogen) atoms. The van der Waals surface area contributed by atoms with E-state index in [4.69, 9.17) is 0 Å². The van der Waals surface area contributed by atoms with Crippen molar-refractivity contribution in [3.8, 4) is 0 Å². The van der Waals surface area contributed by atoms with Gasteiger partial charge in [0.25, 0.3) is 5.56 Å². The van der Waals surface area contributed by atoms with E-state index in [1.54, 1.807) is 35.2 Å². The maximum absolute atomic E-state index is 12.6. The zero-order valence-corrected chi connectivity index (χ0v) is 18.2. The van der Waals surface area contributed by atoms with E-state index < -0.39 is 0 Å². The third-order valence-corrected chi connectivity index (χ3v) is 7.24. The second-order valence-corrected chi connectivity index (χ2v) is 9.78. The highest BCUT2D eigenvalue weighted by atomic mass is 79.9. The first-order chi connectivity index (χ1) is 13.6. The molecule has 0 bridgehead atoms. The van der Waals surface area contributed by atoms with Crippen LogP contribution in [0.5, 0.6) is 0 Å². The number of hydrogen-bond donors (Lipinski definition) is 1. The topological polar surface area (TPSA) is 89.8 Å². The highest BCUT2D eigenvalue weighted by molar-refractivity contribution is 9.10. The van der Waals surface area contributed by atoms with Crippen molar-refractivity contribution in [1.82, 2.24) is 19.7 Å². The molecule has 1 N–H and O–H groups in total. The Kier molecular flexibility index (Phi) is 5.85. The van der Waals surface area contributed by atoms with Gasteiger partial charge in [0.05, 0.1) is 17.2 Å². The summed E-state index contributed by atoms with van der Waals surface area (Å²) in [5.41, 5.74) is 0.312. The van der Waals surface area contributed by atoms with Crippen LogP contribution < -0.4 is 10.9 Å². The minimum absolute atomic E-state index is 0.147. The molecular weight excluding hydrogens is 482 g/mol. The normalized spacial score (nSPS) is 11.0. The van der Waals surface area contributed by atoms with Crippen molar-refractivity contribution in [2.45, 2.75) is 16.6 Å². The van der Waals surface area contributed by atoms with Gasteiger partial charge in [0, 0.05) is 15.1 Å². The van der Waals surface area contributed by atoms with Gasteiger partial charge < -0.3 is 0 Å². The molecule has 1 aromatic carbocycles. The van der Waals surface area contributed by atoms with Crippen LogP contribution in [0.25, 0.3) is 10.9 Å². The molecule has 0 unspecified atom stereocenters. The van der Waals surface area contributed by atoms with E-state index in [0.29, 0.717) is 16.0 Å². The number of hydrogen-bond acceptors (Lipinski definition) is 8. The lowest BCUT2D eigenvalue weighted by atomic mass is 10.2. The first kappa shape index (κ1) is 19.2. The Bertz CT molecular complexity index is 1190. The fourth-order valence-corrected chi connectivity index (χ4v) is 5.31. The highest BCUT2D eigenvalue weighted by Gasteiger charge is 2.12. The smallest absolute Gasteiger partial charge is 0.261 e. The zero-order chi connectivity index (χ0) is 19.5. The van der Waals surface area contributed by atoms with Gasteiger partial charge in [-0.3, -0.25) is 19.5 Å². The van der Waals surface area contributed by atoms with Gasteiger partial charge in [-0.15, -0.1) is 21.5 Å². The molecule has 0 fully saturated rings. The van der Waals surface area contributed by atoms with Crippen LogP contribution in [-0.4, -0.2) is 25.7 Å². The van der Waals surface area contributed by atoms with Crippen molar-refractivity contribution in [3.63, 3.8) is 0 Å². The van der Waals surface area contributed by atoms with Crippen molar-refractivity contribution >= 4 is 72.3 Å². The van der Waals surface area contributed by atoms with Gasteiger partial charge in [-0.1, -0.05) is 45.1 Å². The summed E-state index contributed by atoms with van der Waals surface area (Å²) in [6.07, 6.45) is 1.38. The van der Waals surface area contributed by atoms with Gasteiger partial charge in [0.15, 0.2) is 4.34 Å². The summed E-state index contributed by atoms with van der Waals surface area (Å²) < 4.78 is 2.83. The van der Waals surface area contributed by atoms with E-state index in [1.165, 1.54) is 27.1 Å². The van der Waals surface area contributed by atoms with Gasteiger partial charge in [0.1, 0.15) is 6.54 Å². The number of nitrogens with zero attached hydrogens (tertiary/aromatic N) is 4. The summed E-state index contributed by atoms with van der Waals surface area (Å²) in [6.45, 7) is -0.147. The molecule has 0 radical (unpaired) electrons. The van der Waals surface area contributed by atoms with Crippen molar-refractivity contribution in [1.29, 1.82) is 0 Å². The molecule has 3 heterocycles. The lowest BCUT2D eigenvalue weighted by Gasteiger charge is -2.06. The van der Waals surface area contributed by atoms with Gasteiger partial charge in [0.2, 0.25) is 11.0 Å². The average Bonchev–Trinajstić information content (AvgIpc) is 3.34. The molecule has 4 rings (SSSR count). The molecule has 1 amide bonds. The molecule has 11 heteroatoms. The molecule has 0 aliphatic heterocycles. The lowest BCUT2D eigenvalue weighted by molar-refractivity contribution is -0.116. The maximum Gasteiger partial charge on any atom is 0.261 e. The minimum Gasteiger partial charge on any atom is -0.299 e. The summed E-state index contributed by atoms with van der Waals surface area (Å²) in [6, 6.07) is 9.34. The van der Waals surface area contributed by atoms with E-state index in [2.05, 4.69) is 42.5 Å². The van der Waals surface area contributed by atoms with E-state index in [9.17, 15) is 9.59 Å². The van der Waals surface area contributed by atoms with Crippen molar-refractivity contribution in [2.75, 3.05) is 5.32 Å². The largest absolute Gasteiger partial charge is 0.299 e. The molecule has 0 atom stereocenters. The minimum atomic E-state index is -0.357. The van der Waals surface area contributed by atoms with Crippen molar-refractivity contribution in [2.24, 2.45) is 0 Å². The molecule has 0 saturated carbocycles. The number of rotatable bonds is 6. The van der Waals surface area contributed by atoms with Gasteiger partial charge in [-0.05, 0) is 29.6 Å². The molecule has 3 aromatic heterocycles. The van der Waals surface area contributed by atoms with Crippen LogP contribution in [-0.2, 0) is 17.1 Å². The Balaban J connectivity index is 1.41. The number of benzene rings is 1. The van der Waals surface area contributed by atoms with Crippen molar-refractivity contribution in [3.05, 3.63) is 61.7 Å². The number of carbonyl (C=O) groups is 1. The summed E-state index contributed by atoms with van der Waals surface area (Å²) >= 11 is 7.91. The van der Waals surface area contributed by atoms with Crippen molar-refractivity contribution < 1.29 is 4.79 Å². The SMILES string of the molecule is O=C(Cn1cnc2ccc(Br)cc2c1=O)Nc1nnc(SCc2cccs2)s1. The van der Waals surface area contributed by atoms with Gasteiger partial charge >= 0.3 is 0 Å². The second-order valence-electron chi connectivity index (χ2n) is 5.63. The molecule has 0 saturated heterocycles. The van der Waals surface area contributed by atoms with Crippen LogP contribution >= 0.6 is 50.4 Å². The number of thiophene rings is 1. The molecule has 0 spiro atoms. The van der Waals surface area contributed by atoms with Crippen LogP contribution in [0, 0.1) is 0 Å². The molecule has 0 aliphatic rings. The number of halogens is 1. The highest BCUT2D eigenvalue weighted by Crippen LogP contribution is 2.29. The Labute approximate surface area is 180 Å². The second kappa shape index (κ2) is 8.52. The fourth-order valence-electron chi connectivity index (χ4n) is 2.40. The van der Waals surface area contributed by atoms with E-state index in [1.807, 2.05) is 17.5 Å². The molecular formula is C17H12BrN5O2S3. The molecule has 142 valence electrons. The first-order valence-corrected chi connectivity index (χ1v) is 11.5. The van der Waals surface area contributed by atoms with E-state index >= 15 is 0 Å². The van der Waals surface area contributed by atoms with E-state index in [0.717, 1.165) is 14.6 Å². The van der Waals surface area contributed by atoms with Crippen LogP contribution in [0.4, 0.5) is 5.13 Å². The molecule has 4 aromatic rings. The van der Waals surface area contributed by atoms with E-state index in [-0.39, 0.29) is 18.0 Å². The lowest BCUT2D eigenvalue weighted by Crippen LogP contribution is -2.27. The zero-order valence-electron chi connectivity index (χ0n) is 14.2. The maximum atomic E-state index is 12.6. The Morgan fingerprint density at radius 2 is 2.18 bits per heavy atom. The number of thioether (sulfide) groups is 1. The fraction of sp³-hybridized carbons (Fsp3) is 0.118.